The van der Waals surface area contributed by atoms with Crippen LogP contribution < -0.4 is 0 Å². The van der Waals surface area contributed by atoms with Gasteiger partial charge < -0.3 is 9.15 Å². The van der Waals surface area contributed by atoms with Gasteiger partial charge in [-0.3, -0.25) is 9.69 Å². The maximum absolute atomic E-state index is 12.8. The molecule has 30 heavy (non-hydrogen) atoms. The predicted octanol–water partition coefficient (Wildman–Crippen LogP) is 4.93. The lowest BCUT2D eigenvalue weighted by Crippen LogP contribution is -2.30. The van der Waals surface area contributed by atoms with Crippen LogP contribution in [0.1, 0.15) is 23.9 Å². The molecule has 0 bridgehead atoms. The summed E-state index contributed by atoms with van der Waals surface area (Å²) in [6.45, 7) is 2.34. The summed E-state index contributed by atoms with van der Waals surface area (Å²) in [6.07, 6.45) is -2.79. The number of hydrogen-bond acceptors (Lipinski definition) is 5. The third kappa shape index (κ3) is 5.93. The summed E-state index contributed by atoms with van der Waals surface area (Å²) in [4.78, 5) is 18.0. The second-order valence-corrected chi connectivity index (χ2v) is 6.63. The van der Waals surface area contributed by atoms with Gasteiger partial charge in [-0.2, -0.15) is 13.2 Å². The topological polar surface area (TPSA) is 55.6 Å². The smallest absolute Gasteiger partial charge is 0.416 e. The average molecular weight is 418 g/mol. The van der Waals surface area contributed by atoms with Crippen molar-refractivity contribution in [3.8, 4) is 11.3 Å². The zero-order valence-electron chi connectivity index (χ0n) is 16.4. The van der Waals surface area contributed by atoms with E-state index in [0.717, 1.165) is 17.7 Å². The molecule has 0 unspecified atom stereocenters. The molecule has 0 aliphatic carbocycles. The molecule has 3 aromatic rings. The van der Waals surface area contributed by atoms with Crippen molar-refractivity contribution in [2.75, 3.05) is 13.2 Å². The van der Waals surface area contributed by atoms with Crippen molar-refractivity contribution in [3.05, 3.63) is 77.8 Å². The molecule has 1 aromatic heterocycles. The van der Waals surface area contributed by atoms with E-state index in [4.69, 9.17) is 9.15 Å². The molecule has 0 amide bonds. The number of hydrogen-bond donors (Lipinski definition) is 0. The number of rotatable bonds is 8. The Bertz CT molecular complexity index is 954. The summed E-state index contributed by atoms with van der Waals surface area (Å²) in [7, 11) is 0. The lowest BCUT2D eigenvalue weighted by molar-refractivity contribution is -0.144. The van der Waals surface area contributed by atoms with Gasteiger partial charge in [-0.1, -0.05) is 42.5 Å². The van der Waals surface area contributed by atoms with E-state index in [1.165, 1.54) is 12.1 Å². The standard InChI is InChI=1S/C22H21F3N2O3/c1-2-29-21(28)15-27(13-16-8-10-18(11-9-16)22(23,24)25)14-20-26-12-19(30-20)17-6-4-3-5-7-17/h3-12H,2,13-15H2,1H3. The van der Waals surface area contributed by atoms with Gasteiger partial charge in [0, 0.05) is 12.1 Å². The van der Waals surface area contributed by atoms with Gasteiger partial charge in [-0.25, -0.2) is 4.98 Å². The van der Waals surface area contributed by atoms with E-state index >= 15 is 0 Å². The van der Waals surface area contributed by atoms with Gasteiger partial charge in [0.15, 0.2) is 5.76 Å². The van der Waals surface area contributed by atoms with Crippen molar-refractivity contribution in [1.82, 2.24) is 9.88 Å². The second kappa shape index (κ2) is 9.58. The lowest BCUT2D eigenvalue weighted by atomic mass is 10.1. The molecule has 0 saturated carbocycles. The van der Waals surface area contributed by atoms with Crippen LogP contribution in [0.25, 0.3) is 11.3 Å². The van der Waals surface area contributed by atoms with Crippen molar-refractivity contribution >= 4 is 5.97 Å². The largest absolute Gasteiger partial charge is 0.465 e. The Labute approximate surface area is 172 Å². The molecule has 8 heteroatoms. The molecule has 2 aromatic carbocycles. The number of carbonyl (C=O) groups is 1. The summed E-state index contributed by atoms with van der Waals surface area (Å²) in [6, 6.07) is 14.3. The molecule has 5 nitrogen and oxygen atoms in total. The third-order valence-corrected chi connectivity index (χ3v) is 4.32. The minimum atomic E-state index is -4.39. The number of halogens is 3. The maximum atomic E-state index is 12.8. The molecule has 1 heterocycles. The quantitative estimate of drug-likeness (QED) is 0.486. The molecule has 0 aliphatic heterocycles. The molecular weight excluding hydrogens is 397 g/mol. The van der Waals surface area contributed by atoms with Gasteiger partial charge in [0.1, 0.15) is 0 Å². The molecule has 0 fully saturated rings. The van der Waals surface area contributed by atoms with Crippen molar-refractivity contribution in [2.45, 2.75) is 26.2 Å². The second-order valence-electron chi connectivity index (χ2n) is 6.63. The van der Waals surface area contributed by atoms with E-state index in [9.17, 15) is 18.0 Å². The van der Waals surface area contributed by atoms with E-state index in [0.29, 0.717) is 17.2 Å². The van der Waals surface area contributed by atoms with Crippen LogP contribution in [0.15, 0.2) is 65.2 Å². The summed E-state index contributed by atoms with van der Waals surface area (Å²) >= 11 is 0. The summed E-state index contributed by atoms with van der Waals surface area (Å²) in [5.41, 5.74) is 0.779. The fraction of sp³-hybridized carbons (Fsp3) is 0.273. The zero-order valence-corrected chi connectivity index (χ0v) is 16.4. The number of oxazole rings is 1. The number of alkyl halides is 3. The van der Waals surface area contributed by atoms with E-state index in [2.05, 4.69) is 4.98 Å². The van der Waals surface area contributed by atoms with Crippen molar-refractivity contribution < 1.29 is 27.1 Å². The number of esters is 1. The minimum Gasteiger partial charge on any atom is -0.465 e. The minimum absolute atomic E-state index is 0.0437. The summed E-state index contributed by atoms with van der Waals surface area (Å²) < 4.78 is 49.1. The van der Waals surface area contributed by atoms with Crippen LogP contribution in [-0.4, -0.2) is 29.0 Å². The molecular formula is C22H21F3N2O3. The Morgan fingerprint density at radius 2 is 1.77 bits per heavy atom. The van der Waals surface area contributed by atoms with Gasteiger partial charge in [0.05, 0.1) is 31.5 Å². The van der Waals surface area contributed by atoms with Crippen LogP contribution in [0.3, 0.4) is 0 Å². The fourth-order valence-corrected chi connectivity index (χ4v) is 2.92. The van der Waals surface area contributed by atoms with Gasteiger partial charge in [-0.05, 0) is 24.6 Å². The monoisotopic (exact) mass is 418 g/mol. The number of nitrogens with zero attached hydrogens (tertiary/aromatic N) is 2. The highest BCUT2D eigenvalue weighted by molar-refractivity contribution is 5.71. The molecule has 0 spiro atoms. The van der Waals surface area contributed by atoms with Crippen LogP contribution in [-0.2, 0) is 28.8 Å². The van der Waals surface area contributed by atoms with Gasteiger partial charge >= 0.3 is 12.1 Å². The average Bonchev–Trinajstić information content (AvgIpc) is 3.17. The van der Waals surface area contributed by atoms with Crippen LogP contribution >= 0.6 is 0 Å². The van der Waals surface area contributed by atoms with E-state index in [1.807, 2.05) is 30.3 Å². The maximum Gasteiger partial charge on any atom is 0.416 e. The lowest BCUT2D eigenvalue weighted by Gasteiger charge is -2.20. The zero-order chi connectivity index (χ0) is 21.6. The first-order valence-electron chi connectivity index (χ1n) is 9.39. The van der Waals surface area contributed by atoms with Gasteiger partial charge in [-0.15, -0.1) is 0 Å². The van der Waals surface area contributed by atoms with Gasteiger partial charge in [0.2, 0.25) is 5.89 Å². The van der Waals surface area contributed by atoms with E-state index in [1.54, 1.807) is 18.0 Å². The van der Waals surface area contributed by atoms with Gasteiger partial charge in [0.25, 0.3) is 0 Å². The molecule has 0 radical (unpaired) electrons. The highest BCUT2D eigenvalue weighted by Gasteiger charge is 2.30. The van der Waals surface area contributed by atoms with Crippen molar-refractivity contribution in [3.63, 3.8) is 0 Å². The summed E-state index contributed by atoms with van der Waals surface area (Å²) in [5.74, 6) is 0.556. The number of ether oxygens (including phenoxy) is 1. The Kier molecular flexibility index (Phi) is 6.89. The van der Waals surface area contributed by atoms with Crippen LogP contribution in [0, 0.1) is 0 Å². The van der Waals surface area contributed by atoms with Crippen LogP contribution in [0.5, 0.6) is 0 Å². The first kappa shape index (κ1) is 21.6. The Balaban J connectivity index is 1.74. The van der Waals surface area contributed by atoms with E-state index < -0.39 is 17.7 Å². The molecule has 0 saturated heterocycles. The highest BCUT2D eigenvalue weighted by atomic mass is 19.4. The highest BCUT2D eigenvalue weighted by Crippen LogP contribution is 2.29. The molecule has 0 atom stereocenters. The first-order valence-corrected chi connectivity index (χ1v) is 9.39. The molecule has 158 valence electrons. The van der Waals surface area contributed by atoms with Crippen LogP contribution in [0.4, 0.5) is 13.2 Å². The predicted molar refractivity (Wildman–Crippen MR) is 104 cm³/mol. The number of aromatic nitrogens is 1. The molecule has 3 rings (SSSR count). The number of benzene rings is 2. The van der Waals surface area contributed by atoms with Crippen LogP contribution in [0.2, 0.25) is 0 Å². The Morgan fingerprint density at radius 3 is 2.40 bits per heavy atom. The number of carbonyl (C=O) groups excluding carboxylic acids is 1. The Hall–Kier alpha value is -3.13. The van der Waals surface area contributed by atoms with Crippen molar-refractivity contribution in [2.24, 2.45) is 0 Å². The van der Waals surface area contributed by atoms with E-state index in [-0.39, 0.29) is 26.2 Å². The normalized spacial score (nSPS) is 11.6. The fourth-order valence-electron chi connectivity index (χ4n) is 2.92. The molecule has 0 N–H and O–H groups in total. The SMILES string of the molecule is CCOC(=O)CN(Cc1ccc(C(F)(F)F)cc1)Cc1ncc(-c2ccccc2)o1. The van der Waals surface area contributed by atoms with Crippen molar-refractivity contribution in [1.29, 1.82) is 0 Å². The first-order chi connectivity index (χ1) is 14.3. The Morgan fingerprint density at radius 1 is 1.07 bits per heavy atom. The molecule has 0 aliphatic rings. The summed E-state index contributed by atoms with van der Waals surface area (Å²) in [5, 5.41) is 0. The third-order valence-electron chi connectivity index (χ3n) is 4.32.